The number of carbonyl (C=O) groups excluding carboxylic acids is 1. The minimum Gasteiger partial charge on any atom is -0.332 e. The van der Waals surface area contributed by atoms with Gasteiger partial charge in [0.25, 0.3) is 6.43 Å². The molecule has 3 rings (SSSR count). The number of nitrogens with zero attached hydrogens (tertiary/aromatic N) is 1. The Kier molecular flexibility index (Phi) is 3.69. The van der Waals surface area contributed by atoms with Crippen molar-refractivity contribution in [3.8, 4) is 0 Å². The van der Waals surface area contributed by atoms with Crippen LogP contribution in [-0.2, 0) is 4.79 Å². The Labute approximate surface area is 128 Å². The third-order valence-electron chi connectivity index (χ3n) is 5.26. The molecule has 1 aromatic carbocycles. The van der Waals surface area contributed by atoms with Crippen molar-refractivity contribution in [1.82, 2.24) is 4.90 Å². The van der Waals surface area contributed by atoms with E-state index in [0.29, 0.717) is 12.8 Å². The van der Waals surface area contributed by atoms with Crippen molar-refractivity contribution in [3.63, 3.8) is 0 Å². The van der Waals surface area contributed by atoms with Gasteiger partial charge in [0.15, 0.2) is 0 Å². The van der Waals surface area contributed by atoms with Crippen molar-refractivity contribution in [3.05, 3.63) is 35.1 Å². The number of benzene rings is 1. The van der Waals surface area contributed by atoms with Gasteiger partial charge in [-0.2, -0.15) is 0 Å². The molecule has 0 radical (unpaired) electrons. The van der Waals surface area contributed by atoms with Crippen LogP contribution in [0.1, 0.15) is 49.8 Å². The van der Waals surface area contributed by atoms with Crippen molar-refractivity contribution in [1.29, 1.82) is 0 Å². The Bertz CT molecular complexity index is 583. The molecular formula is C17H20F3NO. The Hall–Kier alpha value is -1.52. The Morgan fingerprint density at radius 1 is 1.32 bits per heavy atom. The van der Waals surface area contributed by atoms with Gasteiger partial charge in [-0.15, -0.1) is 0 Å². The average molecular weight is 311 g/mol. The third-order valence-corrected chi connectivity index (χ3v) is 5.26. The smallest absolute Gasteiger partial charge is 0.252 e. The maximum absolute atomic E-state index is 13.6. The molecule has 0 aliphatic carbocycles. The standard InChI is InChI=1S/C17H20F3NO/c1-3-17(15(19)20)9-13-4-5-14(21(13)16(17)22)11-6-10(2)7-12(18)8-11/h6-8,13-15H,3-5,9H2,1-2H3/t13-,14-,17+/m0/s1. The number of amides is 1. The Balaban J connectivity index is 1.96. The van der Waals surface area contributed by atoms with E-state index in [2.05, 4.69) is 0 Å². The predicted molar refractivity (Wildman–Crippen MR) is 77.1 cm³/mol. The number of rotatable bonds is 3. The van der Waals surface area contributed by atoms with Crippen molar-refractivity contribution in [2.24, 2.45) is 5.41 Å². The molecular weight excluding hydrogens is 291 g/mol. The van der Waals surface area contributed by atoms with Gasteiger partial charge in [0.1, 0.15) is 11.2 Å². The number of alkyl halides is 2. The third kappa shape index (κ3) is 2.13. The molecule has 0 saturated carbocycles. The minimum absolute atomic E-state index is 0.143. The summed E-state index contributed by atoms with van der Waals surface area (Å²) in [6, 6.07) is 4.27. The number of hydrogen-bond acceptors (Lipinski definition) is 1. The van der Waals surface area contributed by atoms with Crippen molar-refractivity contribution >= 4 is 5.91 Å². The van der Waals surface area contributed by atoms with Crippen molar-refractivity contribution < 1.29 is 18.0 Å². The number of hydrogen-bond donors (Lipinski definition) is 0. The summed E-state index contributed by atoms with van der Waals surface area (Å²) in [6.07, 6.45) is -0.871. The van der Waals surface area contributed by atoms with E-state index in [1.807, 2.05) is 6.07 Å². The zero-order valence-electron chi connectivity index (χ0n) is 12.8. The lowest BCUT2D eigenvalue weighted by molar-refractivity contribution is -0.146. The van der Waals surface area contributed by atoms with E-state index in [1.54, 1.807) is 18.7 Å². The Morgan fingerprint density at radius 3 is 2.64 bits per heavy atom. The molecule has 2 fully saturated rings. The van der Waals surface area contributed by atoms with E-state index in [1.165, 1.54) is 12.1 Å². The second kappa shape index (κ2) is 5.28. The number of fused-ring (bicyclic) bond motifs is 1. The molecule has 0 bridgehead atoms. The average Bonchev–Trinajstić information content (AvgIpc) is 2.96. The molecule has 0 N–H and O–H groups in total. The van der Waals surface area contributed by atoms with Gasteiger partial charge >= 0.3 is 0 Å². The molecule has 0 spiro atoms. The first-order valence-corrected chi connectivity index (χ1v) is 7.77. The van der Waals surface area contributed by atoms with Gasteiger partial charge in [0.2, 0.25) is 5.91 Å². The lowest BCUT2D eigenvalue weighted by atomic mass is 9.81. The summed E-state index contributed by atoms with van der Waals surface area (Å²) >= 11 is 0. The molecule has 0 aromatic heterocycles. The topological polar surface area (TPSA) is 20.3 Å². The van der Waals surface area contributed by atoms with E-state index in [4.69, 9.17) is 0 Å². The lowest BCUT2D eigenvalue weighted by Gasteiger charge is -2.29. The van der Waals surface area contributed by atoms with Gasteiger partial charge in [-0.25, -0.2) is 13.2 Å². The van der Waals surface area contributed by atoms with Crippen LogP contribution in [0.4, 0.5) is 13.2 Å². The molecule has 22 heavy (non-hydrogen) atoms. The highest BCUT2D eigenvalue weighted by Gasteiger charge is 2.59. The highest BCUT2D eigenvalue weighted by atomic mass is 19.3. The van der Waals surface area contributed by atoms with Crippen LogP contribution in [0.2, 0.25) is 0 Å². The van der Waals surface area contributed by atoms with Gasteiger partial charge < -0.3 is 4.90 Å². The highest BCUT2D eigenvalue weighted by Crippen LogP contribution is 2.52. The predicted octanol–water partition coefficient (Wildman–Crippen LogP) is 4.23. The molecule has 3 atom stereocenters. The summed E-state index contributed by atoms with van der Waals surface area (Å²) in [5.41, 5.74) is -0.0543. The summed E-state index contributed by atoms with van der Waals surface area (Å²) in [5, 5.41) is 0. The fourth-order valence-electron chi connectivity index (χ4n) is 4.07. The van der Waals surface area contributed by atoms with E-state index >= 15 is 0 Å². The maximum atomic E-state index is 13.6. The number of halogens is 3. The normalized spacial score (nSPS) is 31.2. The largest absolute Gasteiger partial charge is 0.332 e. The Morgan fingerprint density at radius 2 is 2.05 bits per heavy atom. The van der Waals surface area contributed by atoms with Gasteiger partial charge in [0.05, 0.1) is 6.04 Å². The van der Waals surface area contributed by atoms with Crippen molar-refractivity contribution in [2.45, 2.75) is 58.0 Å². The van der Waals surface area contributed by atoms with Crippen LogP contribution in [0.3, 0.4) is 0 Å². The maximum Gasteiger partial charge on any atom is 0.252 e. The van der Waals surface area contributed by atoms with Crippen LogP contribution in [-0.4, -0.2) is 23.3 Å². The van der Waals surface area contributed by atoms with Crippen LogP contribution >= 0.6 is 0 Å². The molecule has 2 nitrogen and oxygen atoms in total. The summed E-state index contributed by atoms with van der Waals surface area (Å²) in [7, 11) is 0. The molecule has 1 aromatic rings. The van der Waals surface area contributed by atoms with E-state index in [-0.39, 0.29) is 30.7 Å². The lowest BCUT2D eigenvalue weighted by Crippen LogP contribution is -2.40. The molecule has 5 heteroatoms. The summed E-state index contributed by atoms with van der Waals surface area (Å²) in [4.78, 5) is 14.3. The molecule has 0 unspecified atom stereocenters. The quantitative estimate of drug-likeness (QED) is 0.818. The van der Waals surface area contributed by atoms with Gasteiger partial charge in [-0.05, 0) is 55.9 Å². The first-order valence-electron chi connectivity index (χ1n) is 7.77. The summed E-state index contributed by atoms with van der Waals surface area (Å²) in [6.45, 7) is 3.44. The number of aryl methyl sites for hydroxylation is 1. The second-order valence-corrected chi connectivity index (χ2v) is 6.54. The molecule has 2 aliphatic heterocycles. The SMILES string of the molecule is CC[C@]1(C(F)F)C[C@@H]2CC[C@@H](c3cc(C)cc(F)c3)N2C1=O. The van der Waals surface area contributed by atoms with Crippen LogP contribution in [0.25, 0.3) is 0 Å². The molecule has 2 aliphatic rings. The van der Waals surface area contributed by atoms with E-state index in [9.17, 15) is 18.0 Å². The van der Waals surface area contributed by atoms with Crippen LogP contribution in [0.5, 0.6) is 0 Å². The summed E-state index contributed by atoms with van der Waals surface area (Å²) in [5.74, 6) is -0.805. The second-order valence-electron chi connectivity index (χ2n) is 6.54. The highest BCUT2D eigenvalue weighted by molar-refractivity contribution is 5.86. The minimum atomic E-state index is -2.65. The molecule has 120 valence electrons. The fraction of sp³-hybridized carbons (Fsp3) is 0.588. The van der Waals surface area contributed by atoms with Crippen LogP contribution in [0.15, 0.2) is 18.2 Å². The van der Waals surface area contributed by atoms with Crippen LogP contribution in [0, 0.1) is 18.2 Å². The molecule has 2 heterocycles. The zero-order valence-corrected chi connectivity index (χ0v) is 12.8. The first-order chi connectivity index (χ1) is 10.4. The van der Waals surface area contributed by atoms with Gasteiger partial charge in [0, 0.05) is 6.04 Å². The van der Waals surface area contributed by atoms with Crippen LogP contribution < -0.4 is 0 Å². The monoisotopic (exact) mass is 311 g/mol. The van der Waals surface area contributed by atoms with E-state index in [0.717, 1.165) is 11.1 Å². The fourth-order valence-corrected chi connectivity index (χ4v) is 4.07. The summed E-state index contributed by atoms with van der Waals surface area (Å²) < 4.78 is 40.7. The zero-order chi connectivity index (χ0) is 16.1. The number of carbonyl (C=O) groups is 1. The van der Waals surface area contributed by atoms with Crippen molar-refractivity contribution in [2.75, 3.05) is 0 Å². The molecule has 1 amide bonds. The van der Waals surface area contributed by atoms with Gasteiger partial charge in [-0.1, -0.05) is 13.0 Å². The first kappa shape index (κ1) is 15.4. The van der Waals surface area contributed by atoms with E-state index < -0.39 is 17.7 Å². The van der Waals surface area contributed by atoms with Gasteiger partial charge in [-0.3, -0.25) is 4.79 Å². The molecule has 2 saturated heterocycles.